The number of nitrogens with zero attached hydrogens (tertiary/aromatic N) is 3. The van der Waals surface area contributed by atoms with Crippen LogP contribution in [0.5, 0.6) is 0 Å². The van der Waals surface area contributed by atoms with E-state index in [2.05, 4.69) is 38.2 Å². The molecule has 0 bridgehead atoms. The summed E-state index contributed by atoms with van der Waals surface area (Å²) in [6.45, 7) is 1.87. The first-order valence-electron chi connectivity index (χ1n) is 6.82. The van der Waals surface area contributed by atoms with Gasteiger partial charge in [0.15, 0.2) is 0 Å². The summed E-state index contributed by atoms with van der Waals surface area (Å²) in [5.41, 5.74) is 0.602. The third kappa shape index (κ3) is 3.30. The SMILES string of the molecule is CNc1ncc(Br)cc1C(=O)N(C)CC1CCCN1C. The molecule has 0 aliphatic carbocycles. The number of anilines is 1. The van der Waals surface area contributed by atoms with E-state index in [4.69, 9.17) is 0 Å². The molecule has 1 atom stereocenters. The molecule has 1 N–H and O–H groups in total. The summed E-state index contributed by atoms with van der Waals surface area (Å²) in [5.74, 6) is 0.619. The van der Waals surface area contributed by atoms with Crippen molar-refractivity contribution in [2.24, 2.45) is 0 Å². The largest absolute Gasteiger partial charge is 0.372 e. The van der Waals surface area contributed by atoms with Crippen LogP contribution in [0.4, 0.5) is 5.82 Å². The number of hydrogen-bond acceptors (Lipinski definition) is 4. The maximum Gasteiger partial charge on any atom is 0.257 e. The number of likely N-dealkylation sites (N-methyl/N-ethyl adjacent to an activating group) is 2. The van der Waals surface area contributed by atoms with Crippen LogP contribution in [0.25, 0.3) is 0 Å². The minimum Gasteiger partial charge on any atom is -0.372 e. The summed E-state index contributed by atoms with van der Waals surface area (Å²) in [4.78, 5) is 20.9. The lowest BCUT2D eigenvalue weighted by Crippen LogP contribution is -2.39. The second-order valence-electron chi connectivity index (χ2n) is 5.26. The highest BCUT2D eigenvalue weighted by molar-refractivity contribution is 9.10. The minimum absolute atomic E-state index is 0.00319. The molecule has 1 fully saturated rings. The van der Waals surface area contributed by atoms with E-state index >= 15 is 0 Å². The van der Waals surface area contributed by atoms with Crippen molar-refractivity contribution in [1.29, 1.82) is 0 Å². The molecule has 0 saturated carbocycles. The van der Waals surface area contributed by atoms with Crippen LogP contribution in [-0.2, 0) is 0 Å². The monoisotopic (exact) mass is 340 g/mol. The molecule has 2 rings (SSSR count). The molecular weight excluding hydrogens is 320 g/mol. The number of halogens is 1. The molecular formula is C14H21BrN4O. The predicted octanol–water partition coefficient (Wildman–Crippen LogP) is 2.05. The van der Waals surface area contributed by atoms with Crippen molar-refractivity contribution < 1.29 is 4.79 Å². The van der Waals surface area contributed by atoms with Gasteiger partial charge in [-0.1, -0.05) is 0 Å². The minimum atomic E-state index is 0.00319. The van der Waals surface area contributed by atoms with Gasteiger partial charge in [0.2, 0.25) is 0 Å². The summed E-state index contributed by atoms with van der Waals surface area (Å²) in [6.07, 6.45) is 4.06. The fourth-order valence-electron chi connectivity index (χ4n) is 2.62. The van der Waals surface area contributed by atoms with Gasteiger partial charge in [0.25, 0.3) is 5.91 Å². The van der Waals surface area contributed by atoms with Gasteiger partial charge in [-0.2, -0.15) is 0 Å². The zero-order valence-corrected chi connectivity index (χ0v) is 13.8. The Morgan fingerprint density at radius 1 is 1.65 bits per heavy atom. The summed E-state index contributed by atoms with van der Waals surface area (Å²) in [5, 5.41) is 2.97. The topological polar surface area (TPSA) is 48.5 Å². The van der Waals surface area contributed by atoms with Gasteiger partial charge in [0, 0.05) is 37.4 Å². The van der Waals surface area contributed by atoms with Crippen molar-refractivity contribution in [1.82, 2.24) is 14.8 Å². The zero-order chi connectivity index (χ0) is 14.7. The van der Waals surface area contributed by atoms with Gasteiger partial charge >= 0.3 is 0 Å². The van der Waals surface area contributed by atoms with Crippen LogP contribution in [0, 0.1) is 0 Å². The van der Waals surface area contributed by atoms with Crippen molar-refractivity contribution in [3.63, 3.8) is 0 Å². The Hall–Kier alpha value is -1.14. The zero-order valence-electron chi connectivity index (χ0n) is 12.2. The highest BCUT2D eigenvalue weighted by atomic mass is 79.9. The lowest BCUT2D eigenvalue weighted by molar-refractivity contribution is 0.0762. The molecule has 110 valence electrons. The van der Waals surface area contributed by atoms with Gasteiger partial charge in [0.1, 0.15) is 5.82 Å². The Kier molecular flexibility index (Phi) is 4.99. The molecule has 6 heteroatoms. The number of aromatic nitrogens is 1. The molecule has 1 saturated heterocycles. The maximum absolute atomic E-state index is 12.6. The summed E-state index contributed by atoms with van der Waals surface area (Å²) < 4.78 is 0.811. The van der Waals surface area contributed by atoms with E-state index in [1.165, 1.54) is 6.42 Å². The summed E-state index contributed by atoms with van der Waals surface area (Å²) in [6, 6.07) is 2.28. The normalized spacial score (nSPS) is 19.1. The molecule has 20 heavy (non-hydrogen) atoms. The van der Waals surface area contributed by atoms with Crippen molar-refractivity contribution in [3.05, 3.63) is 22.3 Å². The number of carbonyl (C=O) groups excluding carboxylic acids is 1. The quantitative estimate of drug-likeness (QED) is 0.911. The molecule has 1 unspecified atom stereocenters. The fourth-order valence-corrected chi connectivity index (χ4v) is 2.95. The lowest BCUT2D eigenvalue weighted by Gasteiger charge is -2.26. The average Bonchev–Trinajstić information content (AvgIpc) is 2.83. The molecule has 0 aromatic carbocycles. The van der Waals surface area contributed by atoms with Crippen molar-refractivity contribution in [2.45, 2.75) is 18.9 Å². The molecule has 1 aromatic heterocycles. The first-order chi connectivity index (χ1) is 9.52. The maximum atomic E-state index is 12.6. The number of hydrogen-bond donors (Lipinski definition) is 1. The molecule has 0 radical (unpaired) electrons. The predicted molar refractivity (Wildman–Crippen MR) is 84.1 cm³/mol. The number of nitrogens with one attached hydrogen (secondary N) is 1. The van der Waals surface area contributed by atoms with Gasteiger partial charge in [-0.25, -0.2) is 4.98 Å². The fraction of sp³-hybridized carbons (Fsp3) is 0.571. The van der Waals surface area contributed by atoms with E-state index < -0.39 is 0 Å². The molecule has 1 aromatic rings. The van der Waals surface area contributed by atoms with Crippen LogP contribution >= 0.6 is 15.9 Å². The van der Waals surface area contributed by atoms with Gasteiger partial charge in [-0.05, 0) is 48.4 Å². The standard InChI is InChI=1S/C14H21BrN4O/c1-16-13-12(7-10(15)8-17-13)14(20)19(3)9-11-5-4-6-18(11)2/h7-8,11H,4-6,9H2,1-3H3,(H,16,17). The Bertz CT molecular complexity index is 494. The number of pyridine rings is 1. The van der Waals surface area contributed by atoms with Gasteiger partial charge in [-0.3, -0.25) is 4.79 Å². The van der Waals surface area contributed by atoms with E-state index in [1.807, 2.05) is 13.1 Å². The van der Waals surface area contributed by atoms with Crippen LogP contribution in [0.15, 0.2) is 16.7 Å². The number of amides is 1. The van der Waals surface area contributed by atoms with E-state index in [1.54, 1.807) is 18.1 Å². The van der Waals surface area contributed by atoms with E-state index in [-0.39, 0.29) is 5.91 Å². The second kappa shape index (κ2) is 6.54. The molecule has 0 spiro atoms. The van der Waals surface area contributed by atoms with E-state index in [0.717, 1.165) is 24.0 Å². The van der Waals surface area contributed by atoms with E-state index in [0.29, 0.717) is 17.4 Å². The van der Waals surface area contributed by atoms with Crippen LogP contribution in [0.3, 0.4) is 0 Å². The molecule has 2 heterocycles. The van der Waals surface area contributed by atoms with Crippen LogP contribution in [0.1, 0.15) is 23.2 Å². The van der Waals surface area contributed by atoms with E-state index in [9.17, 15) is 4.79 Å². The smallest absolute Gasteiger partial charge is 0.257 e. The second-order valence-corrected chi connectivity index (χ2v) is 6.18. The van der Waals surface area contributed by atoms with Gasteiger partial charge in [-0.15, -0.1) is 0 Å². The van der Waals surface area contributed by atoms with Crippen molar-refractivity contribution >= 4 is 27.7 Å². The Labute approximate surface area is 128 Å². The highest BCUT2D eigenvalue weighted by Crippen LogP contribution is 2.21. The van der Waals surface area contributed by atoms with Gasteiger partial charge < -0.3 is 15.1 Å². The van der Waals surface area contributed by atoms with Crippen LogP contribution in [-0.4, -0.2) is 61.0 Å². The number of likely N-dealkylation sites (tertiary alicyclic amines) is 1. The first kappa shape index (κ1) is 15.3. The van der Waals surface area contributed by atoms with Crippen LogP contribution < -0.4 is 5.32 Å². The number of rotatable bonds is 4. The summed E-state index contributed by atoms with van der Waals surface area (Å²) >= 11 is 3.37. The van der Waals surface area contributed by atoms with Crippen molar-refractivity contribution in [3.8, 4) is 0 Å². The lowest BCUT2D eigenvalue weighted by atomic mass is 10.2. The summed E-state index contributed by atoms with van der Waals surface area (Å²) in [7, 11) is 5.75. The van der Waals surface area contributed by atoms with Gasteiger partial charge in [0.05, 0.1) is 5.56 Å². The molecule has 1 aliphatic heterocycles. The third-order valence-electron chi connectivity index (χ3n) is 3.82. The molecule has 1 amide bonds. The van der Waals surface area contributed by atoms with Crippen LogP contribution in [0.2, 0.25) is 0 Å². The molecule has 1 aliphatic rings. The third-order valence-corrected chi connectivity index (χ3v) is 4.26. The Morgan fingerprint density at radius 2 is 2.40 bits per heavy atom. The Balaban J connectivity index is 2.12. The molecule has 5 nitrogen and oxygen atoms in total. The highest BCUT2D eigenvalue weighted by Gasteiger charge is 2.25. The Morgan fingerprint density at radius 3 is 3.00 bits per heavy atom. The average molecular weight is 341 g/mol. The first-order valence-corrected chi connectivity index (χ1v) is 7.61. The number of carbonyl (C=O) groups is 1. The van der Waals surface area contributed by atoms with Crippen molar-refractivity contribution in [2.75, 3.05) is 39.5 Å².